The first-order valence-electron chi connectivity index (χ1n) is 10.2. The number of nitro groups is 1. The van der Waals surface area contributed by atoms with E-state index < -0.39 is 23.0 Å². The van der Waals surface area contributed by atoms with Gasteiger partial charge in [0.05, 0.1) is 16.3 Å². The summed E-state index contributed by atoms with van der Waals surface area (Å²) in [6.45, 7) is 1.65. The van der Waals surface area contributed by atoms with Gasteiger partial charge in [-0.05, 0) is 18.6 Å². The maximum atomic E-state index is 13.2. The Morgan fingerprint density at radius 1 is 1.03 bits per heavy atom. The van der Waals surface area contributed by atoms with Crippen LogP contribution in [0.3, 0.4) is 0 Å². The Labute approximate surface area is 189 Å². The minimum Gasteiger partial charge on any atom is -0.311 e. The number of para-hydroxylation sites is 2. The highest BCUT2D eigenvalue weighted by Gasteiger charge is 2.31. The van der Waals surface area contributed by atoms with Crippen molar-refractivity contribution in [1.82, 2.24) is 5.32 Å². The first-order chi connectivity index (χ1) is 15.9. The molecule has 0 aromatic heterocycles. The third kappa shape index (κ3) is 4.29. The Morgan fingerprint density at radius 2 is 1.73 bits per heavy atom. The van der Waals surface area contributed by atoms with E-state index in [9.17, 15) is 19.7 Å². The first kappa shape index (κ1) is 21.7. The van der Waals surface area contributed by atoms with Crippen molar-refractivity contribution in [2.24, 2.45) is 4.99 Å². The second-order valence-corrected chi connectivity index (χ2v) is 7.49. The second kappa shape index (κ2) is 8.91. The van der Waals surface area contributed by atoms with Gasteiger partial charge in [-0.1, -0.05) is 60.7 Å². The zero-order valence-electron chi connectivity index (χ0n) is 18.0. The maximum absolute atomic E-state index is 13.2. The molecule has 33 heavy (non-hydrogen) atoms. The van der Waals surface area contributed by atoms with Gasteiger partial charge in [0.2, 0.25) is 6.17 Å². The number of likely N-dealkylation sites (N-methyl/N-ethyl adjacent to an activating group) is 1. The van der Waals surface area contributed by atoms with Gasteiger partial charge in [0, 0.05) is 24.2 Å². The summed E-state index contributed by atoms with van der Waals surface area (Å²) < 4.78 is 0. The number of hydrogen-bond acceptors (Lipinski definition) is 5. The van der Waals surface area contributed by atoms with Gasteiger partial charge in [-0.15, -0.1) is 0 Å². The average Bonchev–Trinajstić information content (AvgIpc) is 2.91. The smallest absolute Gasteiger partial charge is 0.311 e. The number of carbonyl (C=O) groups is 2. The van der Waals surface area contributed by atoms with E-state index in [1.807, 2.05) is 54.6 Å². The lowest BCUT2D eigenvalue weighted by Gasteiger charge is -2.21. The fraction of sp³-hybridized carbons (Fsp3) is 0.125. The van der Waals surface area contributed by atoms with Crippen LogP contribution < -0.4 is 15.5 Å². The van der Waals surface area contributed by atoms with Crippen LogP contribution in [0.15, 0.2) is 77.8 Å². The summed E-state index contributed by atoms with van der Waals surface area (Å²) in [7, 11) is 1.61. The molecule has 3 aromatic rings. The molecule has 0 radical (unpaired) electrons. The van der Waals surface area contributed by atoms with Crippen molar-refractivity contribution in [3.8, 4) is 0 Å². The molecule has 0 fully saturated rings. The molecule has 9 nitrogen and oxygen atoms in total. The van der Waals surface area contributed by atoms with Gasteiger partial charge in [-0.2, -0.15) is 0 Å². The van der Waals surface area contributed by atoms with Crippen molar-refractivity contribution >= 4 is 34.7 Å². The van der Waals surface area contributed by atoms with Gasteiger partial charge in [-0.25, -0.2) is 9.79 Å². The molecule has 2 N–H and O–H groups in total. The van der Waals surface area contributed by atoms with E-state index in [2.05, 4.69) is 15.6 Å². The fourth-order valence-electron chi connectivity index (χ4n) is 3.68. The number of nitrogens with one attached hydrogen (secondary N) is 2. The van der Waals surface area contributed by atoms with Crippen molar-refractivity contribution in [3.05, 3.63) is 99.6 Å². The highest BCUT2D eigenvalue weighted by atomic mass is 16.6. The fourth-order valence-corrected chi connectivity index (χ4v) is 3.68. The lowest BCUT2D eigenvalue weighted by molar-refractivity contribution is -0.384. The molecule has 1 unspecified atom stereocenters. The molecule has 0 bridgehead atoms. The minimum atomic E-state index is -1.24. The lowest BCUT2D eigenvalue weighted by atomic mass is 10.0. The molecule has 3 aromatic carbocycles. The zero-order chi connectivity index (χ0) is 23.5. The topological polar surface area (TPSA) is 117 Å². The van der Waals surface area contributed by atoms with Gasteiger partial charge in [0.1, 0.15) is 5.69 Å². The number of hydrogen-bond donors (Lipinski definition) is 2. The monoisotopic (exact) mass is 443 g/mol. The molecule has 1 atom stereocenters. The van der Waals surface area contributed by atoms with Crippen molar-refractivity contribution in [3.63, 3.8) is 0 Å². The van der Waals surface area contributed by atoms with E-state index in [1.54, 1.807) is 20.0 Å². The molecule has 0 saturated carbocycles. The van der Waals surface area contributed by atoms with Gasteiger partial charge in [0.25, 0.3) is 11.6 Å². The van der Waals surface area contributed by atoms with Crippen molar-refractivity contribution in [1.29, 1.82) is 0 Å². The predicted molar refractivity (Wildman–Crippen MR) is 126 cm³/mol. The number of rotatable bonds is 4. The van der Waals surface area contributed by atoms with Gasteiger partial charge in [-0.3, -0.25) is 14.9 Å². The largest absolute Gasteiger partial charge is 0.321 e. The summed E-state index contributed by atoms with van der Waals surface area (Å²) in [6.07, 6.45) is -1.24. The lowest BCUT2D eigenvalue weighted by Crippen LogP contribution is -2.47. The van der Waals surface area contributed by atoms with E-state index >= 15 is 0 Å². The Kier molecular flexibility index (Phi) is 5.86. The van der Waals surface area contributed by atoms with Crippen LogP contribution in [0.1, 0.15) is 16.7 Å². The van der Waals surface area contributed by atoms with Crippen LogP contribution in [0.2, 0.25) is 0 Å². The Morgan fingerprint density at radius 3 is 2.45 bits per heavy atom. The molecular weight excluding hydrogens is 422 g/mol. The summed E-state index contributed by atoms with van der Waals surface area (Å²) in [5, 5.41) is 16.4. The van der Waals surface area contributed by atoms with Crippen LogP contribution >= 0.6 is 0 Å². The molecule has 0 spiro atoms. The van der Waals surface area contributed by atoms with E-state index in [1.165, 1.54) is 17.0 Å². The summed E-state index contributed by atoms with van der Waals surface area (Å²) in [6, 6.07) is 20.4. The SMILES string of the molecule is Cc1cccc([N+](=O)[O-])c1NC(=O)NC1N=C(c2ccccc2)c2ccccc2N(C)C1=O. The quantitative estimate of drug-likeness (QED) is 0.470. The molecule has 1 heterocycles. The molecule has 166 valence electrons. The van der Waals surface area contributed by atoms with Crippen LogP contribution in [0.4, 0.5) is 21.9 Å². The number of aliphatic imine (C=N–C) groups is 1. The summed E-state index contributed by atoms with van der Waals surface area (Å²) in [4.78, 5) is 42.8. The van der Waals surface area contributed by atoms with E-state index in [0.29, 0.717) is 17.0 Å². The van der Waals surface area contributed by atoms with Crippen LogP contribution in [0.5, 0.6) is 0 Å². The highest BCUT2D eigenvalue weighted by molar-refractivity contribution is 6.20. The van der Waals surface area contributed by atoms with Crippen molar-refractivity contribution in [2.45, 2.75) is 13.1 Å². The maximum Gasteiger partial charge on any atom is 0.321 e. The minimum absolute atomic E-state index is 0.0602. The van der Waals surface area contributed by atoms with E-state index in [0.717, 1.165) is 11.1 Å². The number of fused-ring (bicyclic) bond motifs is 1. The van der Waals surface area contributed by atoms with Crippen LogP contribution in [-0.2, 0) is 4.79 Å². The molecule has 0 saturated heterocycles. The third-order valence-corrected chi connectivity index (χ3v) is 5.34. The standard InChI is InChI=1S/C24H21N5O4/c1-15-9-8-14-19(29(32)33)20(15)26-24(31)27-22-23(30)28(2)18-13-7-6-12-17(18)21(25-22)16-10-4-3-5-11-16/h3-14,22H,1-2H3,(H2,26,27,31). The van der Waals surface area contributed by atoms with Gasteiger partial charge < -0.3 is 15.5 Å². The number of urea groups is 1. The van der Waals surface area contributed by atoms with Crippen LogP contribution in [-0.4, -0.2) is 35.8 Å². The predicted octanol–water partition coefficient (Wildman–Crippen LogP) is 3.86. The molecule has 1 aliphatic rings. The highest BCUT2D eigenvalue weighted by Crippen LogP contribution is 2.29. The number of anilines is 2. The van der Waals surface area contributed by atoms with Crippen molar-refractivity contribution in [2.75, 3.05) is 17.3 Å². The number of benzodiazepines with no additional fused rings is 1. The molecule has 3 amide bonds. The summed E-state index contributed by atoms with van der Waals surface area (Å²) >= 11 is 0. The molecule has 4 rings (SSSR count). The zero-order valence-corrected chi connectivity index (χ0v) is 18.0. The number of nitro benzene ring substituents is 1. The summed E-state index contributed by atoms with van der Waals surface area (Å²) in [5.74, 6) is -0.442. The van der Waals surface area contributed by atoms with Gasteiger partial charge >= 0.3 is 6.03 Å². The molecule has 0 aliphatic carbocycles. The van der Waals surface area contributed by atoms with Crippen LogP contribution in [0, 0.1) is 17.0 Å². The number of nitrogens with zero attached hydrogens (tertiary/aromatic N) is 3. The second-order valence-electron chi connectivity index (χ2n) is 7.49. The first-order valence-corrected chi connectivity index (χ1v) is 10.2. The molecular formula is C24H21N5O4. The Hall–Kier alpha value is -4.53. The number of aryl methyl sites for hydroxylation is 1. The Balaban J connectivity index is 1.70. The number of benzene rings is 3. The number of amides is 3. The number of carbonyl (C=O) groups excluding carboxylic acids is 2. The van der Waals surface area contributed by atoms with E-state index in [-0.39, 0.29) is 11.4 Å². The normalized spacial score (nSPS) is 15.2. The average molecular weight is 443 g/mol. The Bertz CT molecular complexity index is 1270. The third-order valence-electron chi connectivity index (χ3n) is 5.34. The van der Waals surface area contributed by atoms with Crippen LogP contribution in [0.25, 0.3) is 0 Å². The van der Waals surface area contributed by atoms with E-state index in [4.69, 9.17) is 0 Å². The summed E-state index contributed by atoms with van der Waals surface area (Å²) in [5.41, 5.74) is 3.08. The van der Waals surface area contributed by atoms with Crippen molar-refractivity contribution < 1.29 is 14.5 Å². The molecule has 9 heteroatoms. The molecule has 1 aliphatic heterocycles. The van der Waals surface area contributed by atoms with Gasteiger partial charge in [0.15, 0.2) is 0 Å².